The quantitative estimate of drug-likeness (QED) is 0.395. The van der Waals surface area contributed by atoms with Crippen LogP contribution in [0.3, 0.4) is 0 Å². The van der Waals surface area contributed by atoms with Gasteiger partial charge in [0.1, 0.15) is 6.61 Å². The van der Waals surface area contributed by atoms with E-state index < -0.39 is 25.2 Å². The molecule has 0 aromatic rings. The zero-order valence-electron chi connectivity index (χ0n) is 8.39. The van der Waals surface area contributed by atoms with Crippen LogP contribution >= 0.6 is 0 Å². The van der Waals surface area contributed by atoms with Crippen molar-refractivity contribution < 1.29 is 27.4 Å². The van der Waals surface area contributed by atoms with E-state index in [2.05, 4.69) is 16.1 Å². The Morgan fingerprint density at radius 3 is 2.33 bits per heavy atom. The number of carbonyl (C=O) groups excluding carboxylic acids is 1. The Labute approximate surface area is 85.9 Å². The summed E-state index contributed by atoms with van der Waals surface area (Å²) in [5.41, 5.74) is 0.241. The summed E-state index contributed by atoms with van der Waals surface area (Å²) >= 11 is 0. The fraction of sp³-hybridized carbons (Fsp3) is 0.667. The van der Waals surface area contributed by atoms with Crippen molar-refractivity contribution in [3.63, 3.8) is 0 Å². The Bertz CT molecular complexity index is 223. The topological polar surface area (TPSA) is 35.5 Å². The molecule has 3 nitrogen and oxygen atoms in total. The molecule has 0 radical (unpaired) electrons. The second-order valence-corrected chi connectivity index (χ2v) is 2.89. The van der Waals surface area contributed by atoms with Crippen molar-refractivity contribution in [1.82, 2.24) is 0 Å². The van der Waals surface area contributed by atoms with Crippen LogP contribution in [-0.4, -0.2) is 32.0 Å². The number of halogens is 3. The molecule has 0 aliphatic carbocycles. The van der Waals surface area contributed by atoms with Gasteiger partial charge in [0.15, 0.2) is 0 Å². The van der Waals surface area contributed by atoms with E-state index in [1.807, 2.05) is 0 Å². The van der Waals surface area contributed by atoms with Gasteiger partial charge in [-0.3, -0.25) is 0 Å². The second-order valence-electron chi connectivity index (χ2n) is 2.89. The average molecular weight is 226 g/mol. The van der Waals surface area contributed by atoms with Crippen LogP contribution in [-0.2, 0) is 14.3 Å². The number of hydrogen-bond acceptors (Lipinski definition) is 3. The maximum absolute atomic E-state index is 11.6. The Morgan fingerprint density at radius 2 is 1.87 bits per heavy atom. The van der Waals surface area contributed by atoms with Crippen molar-refractivity contribution in [3.8, 4) is 0 Å². The van der Waals surface area contributed by atoms with Crippen LogP contribution < -0.4 is 0 Å². The van der Waals surface area contributed by atoms with Gasteiger partial charge in [0.25, 0.3) is 0 Å². The summed E-state index contributed by atoms with van der Waals surface area (Å²) in [4.78, 5) is 10.8. The second kappa shape index (κ2) is 6.44. The van der Waals surface area contributed by atoms with E-state index in [9.17, 15) is 18.0 Å². The molecule has 0 aliphatic rings. The average Bonchev–Trinajstić information content (AvgIpc) is 2.08. The summed E-state index contributed by atoms with van der Waals surface area (Å²) in [7, 11) is 0. The van der Waals surface area contributed by atoms with Gasteiger partial charge in [-0.15, -0.1) is 0 Å². The first-order valence-electron chi connectivity index (χ1n) is 4.30. The summed E-state index contributed by atoms with van der Waals surface area (Å²) in [6, 6.07) is 0. The van der Waals surface area contributed by atoms with Crippen molar-refractivity contribution in [3.05, 3.63) is 12.2 Å². The molecule has 0 bridgehead atoms. The molecule has 0 atom stereocenters. The number of carbonyl (C=O) groups is 1. The van der Waals surface area contributed by atoms with Gasteiger partial charge in [0, 0.05) is 5.57 Å². The standard InChI is InChI=1S/C9H13F3O3/c1-7(2)8(13)15-6-5-14-4-3-9(10,11)12/h1,3-6H2,2H3. The summed E-state index contributed by atoms with van der Waals surface area (Å²) in [5.74, 6) is -0.575. The molecule has 0 amide bonds. The van der Waals surface area contributed by atoms with Gasteiger partial charge < -0.3 is 9.47 Å². The highest BCUT2D eigenvalue weighted by molar-refractivity contribution is 5.86. The highest BCUT2D eigenvalue weighted by Gasteiger charge is 2.26. The highest BCUT2D eigenvalue weighted by atomic mass is 19.4. The Balaban J connectivity index is 3.33. The number of esters is 1. The molecule has 0 rings (SSSR count). The third-order valence-electron chi connectivity index (χ3n) is 1.34. The fourth-order valence-corrected chi connectivity index (χ4v) is 0.606. The molecule has 0 aliphatic heterocycles. The van der Waals surface area contributed by atoms with Gasteiger partial charge in [-0.2, -0.15) is 13.2 Å². The monoisotopic (exact) mass is 226 g/mol. The summed E-state index contributed by atoms with van der Waals surface area (Å²) in [6.45, 7) is 4.28. The summed E-state index contributed by atoms with van der Waals surface area (Å²) in [5, 5.41) is 0. The predicted molar refractivity (Wildman–Crippen MR) is 47.3 cm³/mol. The Kier molecular flexibility index (Phi) is 6.00. The molecule has 6 heteroatoms. The van der Waals surface area contributed by atoms with E-state index in [0.717, 1.165) is 0 Å². The lowest BCUT2D eigenvalue weighted by atomic mass is 10.4. The molecular weight excluding hydrogens is 213 g/mol. The Hall–Kier alpha value is -1.04. The lowest BCUT2D eigenvalue weighted by molar-refractivity contribution is -0.150. The molecule has 15 heavy (non-hydrogen) atoms. The third kappa shape index (κ3) is 9.27. The van der Waals surface area contributed by atoms with Gasteiger partial charge in [-0.1, -0.05) is 6.58 Å². The van der Waals surface area contributed by atoms with E-state index in [1.54, 1.807) is 0 Å². The van der Waals surface area contributed by atoms with Gasteiger partial charge in [0.2, 0.25) is 0 Å². The van der Waals surface area contributed by atoms with E-state index in [4.69, 9.17) is 0 Å². The molecule has 0 aromatic carbocycles. The largest absolute Gasteiger partial charge is 0.460 e. The van der Waals surface area contributed by atoms with Crippen LogP contribution in [0.15, 0.2) is 12.2 Å². The van der Waals surface area contributed by atoms with E-state index in [-0.39, 0.29) is 18.8 Å². The maximum atomic E-state index is 11.6. The van der Waals surface area contributed by atoms with Crippen molar-refractivity contribution in [2.45, 2.75) is 19.5 Å². The van der Waals surface area contributed by atoms with Crippen LogP contribution in [0.1, 0.15) is 13.3 Å². The van der Waals surface area contributed by atoms with E-state index in [0.29, 0.717) is 0 Å². The minimum Gasteiger partial charge on any atom is -0.460 e. The van der Waals surface area contributed by atoms with Crippen molar-refractivity contribution in [1.29, 1.82) is 0 Å². The predicted octanol–water partition coefficient (Wildman–Crippen LogP) is 2.07. The van der Waals surface area contributed by atoms with Gasteiger partial charge >= 0.3 is 12.1 Å². The van der Waals surface area contributed by atoms with Crippen molar-refractivity contribution >= 4 is 5.97 Å². The SMILES string of the molecule is C=C(C)C(=O)OCCOCCC(F)(F)F. The van der Waals surface area contributed by atoms with Crippen LogP contribution in [0.4, 0.5) is 13.2 Å². The zero-order valence-corrected chi connectivity index (χ0v) is 8.39. The highest BCUT2D eigenvalue weighted by Crippen LogP contribution is 2.18. The molecule has 0 spiro atoms. The first kappa shape index (κ1) is 14.0. The van der Waals surface area contributed by atoms with E-state index >= 15 is 0 Å². The molecule has 0 aromatic heterocycles. The smallest absolute Gasteiger partial charge is 0.391 e. The van der Waals surface area contributed by atoms with Crippen molar-refractivity contribution in [2.24, 2.45) is 0 Å². The van der Waals surface area contributed by atoms with Crippen molar-refractivity contribution in [2.75, 3.05) is 19.8 Å². The lowest BCUT2D eigenvalue weighted by Crippen LogP contribution is -2.15. The number of hydrogen-bond donors (Lipinski definition) is 0. The van der Waals surface area contributed by atoms with Gasteiger partial charge in [-0.25, -0.2) is 4.79 Å². The number of alkyl halides is 3. The molecule has 0 saturated heterocycles. The third-order valence-corrected chi connectivity index (χ3v) is 1.34. The van der Waals surface area contributed by atoms with E-state index in [1.165, 1.54) is 6.92 Å². The zero-order chi connectivity index (χ0) is 11.9. The summed E-state index contributed by atoms with van der Waals surface area (Å²) < 4.78 is 44.1. The molecule has 0 N–H and O–H groups in total. The molecule has 0 heterocycles. The van der Waals surface area contributed by atoms with Crippen LogP contribution in [0, 0.1) is 0 Å². The minimum absolute atomic E-state index is 0.0465. The van der Waals surface area contributed by atoms with Gasteiger partial charge in [-0.05, 0) is 6.92 Å². The first-order valence-corrected chi connectivity index (χ1v) is 4.30. The van der Waals surface area contributed by atoms with Gasteiger partial charge in [0.05, 0.1) is 19.6 Å². The van der Waals surface area contributed by atoms with Crippen LogP contribution in [0.5, 0.6) is 0 Å². The fourth-order valence-electron chi connectivity index (χ4n) is 0.606. The molecular formula is C9H13F3O3. The minimum atomic E-state index is -4.21. The van der Waals surface area contributed by atoms with Crippen LogP contribution in [0.2, 0.25) is 0 Å². The number of ether oxygens (including phenoxy) is 2. The first-order chi connectivity index (χ1) is 6.83. The Morgan fingerprint density at radius 1 is 1.27 bits per heavy atom. The molecule has 0 unspecified atom stereocenters. The summed E-state index contributed by atoms with van der Waals surface area (Å²) in [6.07, 6.45) is -5.21. The van der Waals surface area contributed by atoms with Crippen LogP contribution in [0.25, 0.3) is 0 Å². The normalized spacial score (nSPS) is 11.2. The molecule has 0 saturated carbocycles. The molecule has 0 fully saturated rings. The molecule has 88 valence electrons. The maximum Gasteiger partial charge on any atom is 0.391 e. The number of rotatable bonds is 6. The lowest BCUT2D eigenvalue weighted by Gasteiger charge is -2.07.